The lowest BCUT2D eigenvalue weighted by Crippen LogP contribution is -2.48. The van der Waals surface area contributed by atoms with Crippen LogP contribution >= 0.6 is 11.3 Å². The van der Waals surface area contributed by atoms with Crippen LogP contribution < -0.4 is 14.4 Å². The van der Waals surface area contributed by atoms with Crippen LogP contribution in [0.3, 0.4) is 0 Å². The van der Waals surface area contributed by atoms with Crippen molar-refractivity contribution in [3.63, 3.8) is 0 Å². The Morgan fingerprint density at radius 1 is 1.05 bits per heavy atom. The molecule has 2 aliphatic rings. The molecule has 1 saturated heterocycles. The number of nitrogens with zero attached hydrogens (tertiary/aromatic N) is 4. The zero-order chi connectivity index (χ0) is 27.9. The van der Waals surface area contributed by atoms with Gasteiger partial charge < -0.3 is 14.2 Å². The summed E-state index contributed by atoms with van der Waals surface area (Å²) in [7, 11) is -3.73. The Morgan fingerprint density at radius 3 is 2.42 bits per heavy atom. The Balaban J connectivity index is 1.32. The van der Waals surface area contributed by atoms with Crippen LogP contribution in [0.4, 0.5) is 5.13 Å². The Kier molecular flexibility index (Phi) is 7.17. The van der Waals surface area contributed by atoms with Gasteiger partial charge in [0.2, 0.25) is 10.0 Å². The van der Waals surface area contributed by atoms with Crippen molar-refractivity contribution in [1.29, 1.82) is 0 Å². The predicted octanol–water partition coefficient (Wildman–Crippen LogP) is 4.11. The number of morpholine rings is 1. The van der Waals surface area contributed by atoms with E-state index in [1.165, 1.54) is 27.8 Å². The van der Waals surface area contributed by atoms with Gasteiger partial charge in [0.1, 0.15) is 13.2 Å². The summed E-state index contributed by atoms with van der Waals surface area (Å²) in [6, 6.07) is 13.5. The Morgan fingerprint density at radius 2 is 1.75 bits per heavy atom. The molecule has 2 aromatic carbocycles. The van der Waals surface area contributed by atoms with Crippen molar-refractivity contribution in [3.8, 4) is 11.5 Å². The van der Waals surface area contributed by atoms with Gasteiger partial charge in [-0.25, -0.2) is 13.4 Å². The highest BCUT2D eigenvalue weighted by Crippen LogP contribution is 2.39. The molecule has 208 valence electrons. The van der Waals surface area contributed by atoms with Crippen molar-refractivity contribution < 1.29 is 27.4 Å². The molecule has 4 aromatic rings. The summed E-state index contributed by atoms with van der Waals surface area (Å²) < 4.78 is 46.0. The minimum atomic E-state index is -3.73. The lowest BCUT2D eigenvalue weighted by molar-refractivity contribution is -0.0440. The molecular weight excluding hydrogens is 552 g/mol. The number of thiazole rings is 1. The van der Waals surface area contributed by atoms with Crippen molar-refractivity contribution in [2.75, 3.05) is 31.2 Å². The van der Waals surface area contributed by atoms with E-state index in [1.54, 1.807) is 29.4 Å². The number of rotatable bonds is 6. The molecule has 2 unspecified atom stereocenters. The summed E-state index contributed by atoms with van der Waals surface area (Å²) in [5.41, 5.74) is 1.87. The van der Waals surface area contributed by atoms with Gasteiger partial charge in [0.05, 0.1) is 33.9 Å². The average molecular weight is 581 g/mol. The molecule has 1 amide bonds. The zero-order valence-electron chi connectivity index (χ0n) is 22.0. The van der Waals surface area contributed by atoms with Crippen LogP contribution in [-0.2, 0) is 21.3 Å². The second kappa shape index (κ2) is 10.8. The van der Waals surface area contributed by atoms with Gasteiger partial charge in [-0.05, 0) is 49.7 Å². The van der Waals surface area contributed by atoms with E-state index in [0.717, 1.165) is 10.3 Å². The highest BCUT2D eigenvalue weighted by Gasteiger charge is 2.32. The minimum Gasteiger partial charge on any atom is -0.486 e. The van der Waals surface area contributed by atoms with E-state index in [4.69, 9.17) is 19.2 Å². The first-order valence-corrected chi connectivity index (χ1v) is 15.2. The Labute approximate surface area is 236 Å². The zero-order valence-corrected chi connectivity index (χ0v) is 23.7. The van der Waals surface area contributed by atoms with E-state index < -0.39 is 10.0 Å². The van der Waals surface area contributed by atoms with E-state index in [9.17, 15) is 13.2 Å². The van der Waals surface area contributed by atoms with Crippen LogP contribution in [0.2, 0.25) is 0 Å². The van der Waals surface area contributed by atoms with Crippen molar-refractivity contribution in [2.45, 2.75) is 37.5 Å². The number of anilines is 1. The van der Waals surface area contributed by atoms with Gasteiger partial charge in [0.15, 0.2) is 16.6 Å². The molecule has 4 heterocycles. The fraction of sp³-hybridized carbons (Fsp3) is 0.321. The monoisotopic (exact) mass is 580 g/mol. The number of hydrogen-bond donors (Lipinski definition) is 0. The SMILES string of the molecule is CC1CN(S(=O)(=O)c2ccc(C(=O)N(Cc3cccnc3)c3nc4cc5c(cc4s3)OCCO5)cc2)CC(C)O1. The first-order valence-electron chi connectivity index (χ1n) is 12.9. The number of hydrogen-bond acceptors (Lipinski definition) is 9. The maximum Gasteiger partial charge on any atom is 0.260 e. The number of sulfonamides is 1. The summed E-state index contributed by atoms with van der Waals surface area (Å²) in [6.45, 7) is 5.46. The van der Waals surface area contributed by atoms with E-state index in [1.807, 2.05) is 38.1 Å². The number of carbonyl (C=O) groups excluding carboxylic acids is 1. The van der Waals surface area contributed by atoms with Crippen LogP contribution in [0.25, 0.3) is 10.2 Å². The van der Waals surface area contributed by atoms with Gasteiger partial charge in [0, 0.05) is 43.2 Å². The van der Waals surface area contributed by atoms with Crippen LogP contribution in [-0.4, -0.2) is 67.1 Å². The molecule has 2 aromatic heterocycles. The third-order valence-corrected chi connectivity index (χ3v) is 9.59. The first kappa shape index (κ1) is 26.6. The summed E-state index contributed by atoms with van der Waals surface area (Å²) in [5.74, 6) is 0.972. The van der Waals surface area contributed by atoms with Gasteiger partial charge in [-0.2, -0.15) is 4.31 Å². The smallest absolute Gasteiger partial charge is 0.260 e. The van der Waals surface area contributed by atoms with E-state index >= 15 is 0 Å². The molecule has 6 rings (SSSR count). The lowest BCUT2D eigenvalue weighted by Gasteiger charge is -2.34. The number of aromatic nitrogens is 2. The van der Waals surface area contributed by atoms with Crippen molar-refractivity contribution in [2.24, 2.45) is 0 Å². The molecule has 10 nitrogen and oxygen atoms in total. The van der Waals surface area contributed by atoms with Gasteiger partial charge in [-0.1, -0.05) is 17.4 Å². The molecule has 0 bridgehead atoms. The number of carbonyl (C=O) groups is 1. The predicted molar refractivity (Wildman–Crippen MR) is 151 cm³/mol. The second-order valence-corrected chi connectivity index (χ2v) is 12.8. The standard InChI is InChI=1S/C28H28N4O6S2/c1-18-15-31(16-19(2)38-18)40(34,35)22-7-5-21(6-8-22)27(33)32(17-20-4-3-9-29-14-20)28-30-23-12-24-25(13-26(23)39-28)37-11-10-36-24/h3-9,12-14,18-19H,10-11,15-17H2,1-2H3. The van der Waals surface area contributed by atoms with Crippen LogP contribution in [0.1, 0.15) is 29.8 Å². The number of benzene rings is 2. The average Bonchev–Trinajstić information content (AvgIpc) is 3.37. The van der Waals surface area contributed by atoms with Crippen molar-refractivity contribution >= 4 is 42.6 Å². The maximum absolute atomic E-state index is 13.9. The maximum atomic E-state index is 13.9. The van der Waals surface area contributed by atoms with E-state index in [0.29, 0.717) is 40.9 Å². The van der Waals surface area contributed by atoms with Gasteiger partial charge >= 0.3 is 0 Å². The molecule has 40 heavy (non-hydrogen) atoms. The second-order valence-electron chi connectivity index (χ2n) is 9.82. The Bertz CT molecular complexity index is 1590. The molecule has 12 heteroatoms. The summed E-state index contributed by atoms with van der Waals surface area (Å²) in [4.78, 5) is 24.5. The van der Waals surface area contributed by atoms with Gasteiger partial charge in [-0.3, -0.25) is 14.7 Å². The fourth-order valence-electron chi connectivity index (χ4n) is 4.87. The third-order valence-electron chi connectivity index (χ3n) is 6.71. The quantitative estimate of drug-likeness (QED) is 0.335. The van der Waals surface area contributed by atoms with Crippen LogP contribution in [0, 0.1) is 0 Å². The first-order chi connectivity index (χ1) is 19.3. The molecule has 2 atom stereocenters. The largest absolute Gasteiger partial charge is 0.486 e. The third kappa shape index (κ3) is 5.27. The number of fused-ring (bicyclic) bond motifs is 2. The van der Waals surface area contributed by atoms with Gasteiger partial charge in [0.25, 0.3) is 5.91 Å². The molecule has 1 fully saturated rings. The van der Waals surface area contributed by atoms with Gasteiger partial charge in [-0.15, -0.1) is 0 Å². The van der Waals surface area contributed by atoms with Crippen molar-refractivity contribution in [1.82, 2.24) is 14.3 Å². The summed E-state index contributed by atoms with van der Waals surface area (Å²) in [5, 5.41) is 0.499. The number of pyridine rings is 1. The molecule has 0 saturated carbocycles. The van der Waals surface area contributed by atoms with Crippen LogP contribution in [0.5, 0.6) is 11.5 Å². The topological polar surface area (TPSA) is 111 Å². The molecule has 2 aliphatic heterocycles. The molecule has 0 aliphatic carbocycles. The highest BCUT2D eigenvalue weighted by atomic mass is 32.2. The summed E-state index contributed by atoms with van der Waals surface area (Å²) in [6.07, 6.45) is 2.98. The summed E-state index contributed by atoms with van der Waals surface area (Å²) >= 11 is 1.37. The van der Waals surface area contributed by atoms with E-state index in [-0.39, 0.29) is 42.6 Å². The normalized spacial score (nSPS) is 19.4. The molecule has 0 spiro atoms. The number of ether oxygens (including phenoxy) is 3. The Hall–Kier alpha value is -3.58. The minimum absolute atomic E-state index is 0.134. The van der Waals surface area contributed by atoms with Crippen molar-refractivity contribution in [3.05, 3.63) is 72.1 Å². The highest BCUT2D eigenvalue weighted by molar-refractivity contribution is 7.89. The molecule has 0 N–H and O–H groups in total. The number of amides is 1. The molecule has 0 radical (unpaired) electrons. The van der Waals surface area contributed by atoms with E-state index in [2.05, 4.69) is 4.98 Å². The molecular formula is C28H28N4O6S2. The van der Waals surface area contributed by atoms with Crippen LogP contribution in [0.15, 0.2) is 65.8 Å². The fourth-order valence-corrected chi connectivity index (χ4v) is 7.43. The lowest BCUT2D eigenvalue weighted by atomic mass is 10.2.